The summed E-state index contributed by atoms with van der Waals surface area (Å²) < 4.78 is 21.8. The quantitative estimate of drug-likeness (QED) is 0.519. The first-order valence-electron chi connectivity index (χ1n) is 11.1. The van der Waals surface area contributed by atoms with Crippen LogP contribution in [0.4, 0.5) is 0 Å². The van der Waals surface area contributed by atoms with Gasteiger partial charge in [0.15, 0.2) is 23.0 Å². The number of hydrogen-bond donors (Lipinski definition) is 0. The highest BCUT2D eigenvalue weighted by atomic mass is 16.5. The van der Waals surface area contributed by atoms with E-state index in [-0.39, 0.29) is 0 Å². The van der Waals surface area contributed by atoms with Gasteiger partial charge in [0, 0.05) is 12.1 Å². The molecule has 3 rings (SSSR count). The van der Waals surface area contributed by atoms with Gasteiger partial charge in [-0.2, -0.15) is 5.26 Å². The third kappa shape index (κ3) is 4.78. The van der Waals surface area contributed by atoms with Crippen LogP contribution in [0.15, 0.2) is 30.3 Å². The lowest BCUT2D eigenvalue weighted by Gasteiger charge is -2.25. The smallest absolute Gasteiger partial charge is 0.164 e. The Morgan fingerprint density at radius 3 is 2.31 bits per heavy atom. The normalized spacial score (nSPS) is 17.0. The van der Waals surface area contributed by atoms with E-state index in [0.29, 0.717) is 0 Å². The molecule has 2 aromatic carbocycles. The van der Waals surface area contributed by atoms with Gasteiger partial charge in [0.1, 0.15) is 0 Å². The molecule has 0 fully saturated rings. The Kier molecular flexibility index (Phi) is 7.87. The van der Waals surface area contributed by atoms with Gasteiger partial charge in [-0.1, -0.05) is 12.1 Å². The second-order valence-corrected chi connectivity index (χ2v) is 8.37. The number of fused-ring (bicyclic) bond motifs is 1. The van der Waals surface area contributed by atoms with Crippen molar-refractivity contribution >= 4 is 0 Å². The van der Waals surface area contributed by atoms with Crippen molar-refractivity contribution in [2.45, 2.75) is 37.5 Å². The number of rotatable bonds is 11. The molecular formula is C26H34N2O4. The van der Waals surface area contributed by atoms with Gasteiger partial charge in [0.25, 0.3) is 0 Å². The van der Waals surface area contributed by atoms with Gasteiger partial charge in [-0.05, 0) is 75.0 Å². The first-order chi connectivity index (χ1) is 15.5. The Morgan fingerprint density at radius 2 is 1.66 bits per heavy atom. The van der Waals surface area contributed by atoms with Gasteiger partial charge < -0.3 is 23.8 Å². The Hall–Kier alpha value is -2.91. The van der Waals surface area contributed by atoms with E-state index in [2.05, 4.69) is 24.1 Å². The molecule has 1 aliphatic carbocycles. The average molecular weight is 439 g/mol. The predicted molar refractivity (Wildman–Crippen MR) is 125 cm³/mol. The molecule has 0 bridgehead atoms. The molecule has 32 heavy (non-hydrogen) atoms. The molecule has 0 aliphatic heterocycles. The van der Waals surface area contributed by atoms with E-state index in [9.17, 15) is 5.26 Å². The van der Waals surface area contributed by atoms with Gasteiger partial charge in [0.05, 0.1) is 39.9 Å². The molecule has 0 spiro atoms. The maximum Gasteiger partial charge on any atom is 0.164 e. The highest BCUT2D eigenvalue weighted by Crippen LogP contribution is 2.48. The summed E-state index contributed by atoms with van der Waals surface area (Å²) in [6.45, 7) is 1.88. The van der Waals surface area contributed by atoms with Crippen molar-refractivity contribution in [2.24, 2.45) is 0 Å². The summed E-state index contributed by atoms with van der Waals surface area (Å²) in [5.41, 5.74) is 2.99. The first-order valence-corrected chi connectivity index (χ1v) is 11.1. The van der Waals surface area contributed by atoms with E-state index in [1.54, 1.807) is 28.4 Å². The largest absolute Gasteiger partial charge is 0.493 e. The molecule has 1 atom stereocenters. The van der Waals surface area contributed by atoms with Crippen molar-refractivity contribution in [2.75, 3.05) is 48.6 Å². The maximum atomic E-state index is 10.1. The van der Waals surface area contributed by atoms with Crippen LogP contribution in [0.1, 0.15) is 36.0 Å². The molecule has 6 heteroatoms. The third-order valence-corrected chi connectivity index (χ3v) is 6.55. The number of hydrogen-bond acceptors (Lipinski definition) is 6. The SMILES string of the molecule is COc1ccc(CCN(C)CCCC2(C#N)CCc3c2ccc(OC)c3OC)cc1OC. The van der Waals surface area contributed by atoms with Crippen LogP contribution in [0.2, 0.25) is 0 Å². The van der Waals surface area contributed by atoms with Crippen LogP contribution in [0.5, 0.6) is 23.0 Å². The van der Waals surface area contributed by atoms with Crippen molar-refractivity contribution in [3.63, 3.8) is 0 Å². The van der Waals surface area contributed by atoms with E-state index < -0.39 is 5.41 Å². The Balaban J connectivity index is 1.58. The van der Waals surface area contributed by atoms with Crippen LogP contribution in [0.25, 0.3) is 0 Å². The number of likely N-dealkylation sites (N-methyl/N-ethyl adjacent to an activating group) is 1. The summed E-state index contributed by atoms with van der Waals surface area (Å²) in [6, 6.07) is 12.7. The lowest BCUT2D eigenvalue weighted by molar-refractivity contribution is 0.315. The van der Waals surface area contributed by atoms with Gasteiger partial charge in [0.2, 0.25) is 0 Å². The summed E-state index contributed by atoms with van der Waals surface area (Å²) in [4.78, 5) is 2.33. The van der Waals surface area contributed by atoms with E-state index in [1.807, 2.05) is 24.3 Å². The van der Waals surface area contributed by atoms with Crippen LogP contribution in [-0.4, -0.2) is 53.5 Å². The minimum Gasteiger partial charge on any atom is -0.493 e. The molecule has 2 aromatic rings. The molecule has 1 aliphatic rings. The lowest BCUT2D eigenvalue weighted by Crippen LogP contribution is -2.26. The summed E-state index contributed by atoms with van der Waals surface area (Å²) in [5, 5.41) is 10.1. The van der Waals surface area contributed by atoms with Crippen molar-refractivity contribution in [1.82, 2.24) is 4.90 Å². The van der Waals surface area contributed by atoms with Crippen molar-refractivity contribution in [3.8, 4) is 29.1 Å². The second kappa shape index (κ2) is 10.6. The van der Waals surface area contributed by atoms with Crippen molar-refractivity contribution in [1.29, 1.82) is 5.26 Å². The molecule has 0 saturated carbocycles. The zero-order chi connectivity index (χ0) is 23.1. The van der Waals surface area contributed by atoms with Gasteiger partial charge in [-0.25, -0.2) is 0 Å². The molecule has 0 aromatic heterocycles. The number of nitriles is 1. The summed E-state index contributed by atoms with van der Waals surface area (Å²) in [7, 11) is 8.75. The average Bonchev–Trinajstić information content (AvgIpc) is 3.20. The lowest BCUT2D eigenvalue weighted by atomic mass is 9.79. The highest BCUT2D eigenvalue weighted by molar-refractivity contribution is 5.57. The molecule has 6 nitrogen and oxygen atoms in total. The summed E-state index contributed by atoms with van der Waals surface area (Å²) >= 11 is 0. The molecule has 0 N–H and O–H groups in total. The number of methoxy groups -OCH3 is 4. The summed E-state index contributed by atoms with van der Waals surface area (Å²) in [6.07, 6.45) is 4.41. The predicted octanol–water partition coefficient (Wildman–Crippen LogP) is 4.38. The molecule has 172 valence electrons. The van der Waals surface area contributed by atoms with Gasteiger partial charge >= 0.3 is 0 Å². The van der Waals surface area contributed by atoms with E-state index in [4.69, 9.17) is 18.9 Å². The second-order valence-electron chi connectivity index (χ2n) is 8.37. The van der Waals surface area contributed by atoms with Crippen LogP contribution in [0, 0.1) is 11.3 Å². The molecule has 0 radical (unpaired) electrons. The summed E-state index contributed by atoms with van der Waals surface area (Å²) in [5.74, 6) is 3.01. The number of ether oxygens (including phenoxy) is 4. The fourth-order valence-corrected chi connectivity index (χ4v) is 4.71. The fourth-order valence-electron chi connectivity index (χ4n) is 4.71. The Labute approximate surface area is 191 Å². The first kappa shape index (κ1) is 23.7. The van der Waals surface area contributed by atoms with Crippen LogP contribution in [0.3, 0.4) is 0 Å². The molecule has 0 amide bonds. The number of nitrogens with zero attached hydrogens (tertiary/aromatic N) is 2. The number of benzene rings is 2. The Bertz CT molecular complexity index is 969. The third-order valence-electron chi connectivity index (χ3n) is 6.55. The molecule has 0 heterocycles. The van der Waals surface area contributed by atoms with E-state index in [0.717, 1.165) is 79.3 Å². The van der Waals surface area contributed by atoms with E-state index in [1.165, 1.54) is 5.56 Å². The minimum absolute atomic E-state index is 0.445. The zero-order valence-electron chi connectivity index (χ0n) is 19.9. The minimum atomic E-state index is -0.445. The van der Waals surface area contributed by atoms with E-state index >= 15 is 0 Å². The standard InChI is InChI=1S/C26H34N2O4/c1-28(16-12-19-7-9-22(29-2)24(17-19)31-4)15-6-13-26(18-27)14-11-20-21(26)8-10-23(30-3)25(20)32-5/h7-10,17H,6,11-16H2,1-5H3. The van der Waals surface area contributed by atoms with Gasteiger partial charge in [-0.3, -0.25) is 0 Å². The van der Waals surface area contributed by atoms with Crippen LogP contribution in [-0.2, 0) is 18.3 Å². The van der Waals surface area contributed by atoms with Gasteiger partial charge in [-0.15, -0.1) is 0 Å². The van der Waals surface area contributed by atoms with Crippen molar-refractivity contribution < 1.29 is 18.9 Å². The fraction of sp³-hybridized carbons (Fsp3) is 0.500. The zero-order valence-corrected chi connectivity index (χ0v) is 19.9. The molecule has 1 unspecified atom stereocenters. The topological polar surface area (TPSA) is 64.0 Å². The van der Waals surface area contributed by atoms with Crippen LogP contribution >= 0.6 is 0 Å². The monoisotopic (exact) mass is 438 g/mol. The van der Waals surface area contributed by atoms with Crippen molar-refractivity contribution in [3.05, 3.63) is 47.0 Å². The van der Waals surface area contributed by atoms with Crippen LogP contribution < -0.4 is 18.9 Å². The molecule has 0 saturated heterocycles. The highest BCUT2D eigenvalue weighted by Gasteiger charge is 2.40. The maximum absolute atomic E-state index is 10.1. The Morgan fingerprint density at radius 1 is 0.938 bits per heavy atom. The molecular weight excluding hydrogens is 404 g/mol.